The van der Waals surface area contributed by atoms with Crippen molar-refractivity contribution in [3.8, 4) is 0 Å². The summed E-state index contributed by atoms with van der Waals surface area (Å²) in [5.74, 6) is 0. The van der Waals surface area contributed by atoms with Gasteiger partial charge in [-0.3, -0.25) is 0 Å². The van der Waals surface area contributed by atoms with Gasteiger partial charge in [-0.2, -0.15) is 0 Å². The molecular weight excluding hydrogens is 188 g/mol. The van der Waals surface area contributed by atoms with Gasteiger partial charge in [0.1, 0.15) is 0 Å². The highest BCUT2D eigenvalue weighted by Gasteiger charge is 2.55. The van der Waals surface area contributed by atoms with E-state index in [4.69, 9.17) is 0 Å². The summed E-state index contributed by atoms with van der Waals surface area (Å²) >= 11 is 3.65. The lowest BCUT2D eigenvalue weighted by Crippen LogP contribution is -2.51. The Bertz CT molecular complexity index is 144. The van der Waals surface area contributed by atoms with Gasteiger partial charge in [0.25, 0.3) is 0 Å². The Morgan fingerprint density at radius 2 is 1.70 bits per heavy atom. The largest absolute Gasteiger partial charge is 0.0890 e. The topological polar surface area (TPSA) is 0 Å². The van der Waals surface area contributed by atoms with E-state index in [2.05, 4.69) is 29.8 Å². The maximum Gasteiger partial charge on any atom is 0.0156 e. The maximum atomic E-state index is 3.65. The minimum absolute atomic E-state index is 0.674. The minimum Gasteiger partial charge on any atom is -0.0890 e. The van der Waals surface area contributed by atoms with Crippen molar-refractivity contribution in [2.24, 2.45) is 10.8 Å². The molecule has 1 spiro atoms. The van der Waals surface area contributed by atoms with Gasteiger partial charge in [-0.15, -0.1) is 0 Å². The number of hydrogen-bond donors (Lipinski definition) is 0. The lowest BCUT2D eigenvalue weighted by Gasteiger charge is -2.60. The van der Waals surface area contributed by atoms with Gasteiger partial charge in [0.05, 0.1) is 0 Å². The highest BCUT2D eigenvalue weighted by molar-refractivity contribution is 9.09. The minimum atomic E-state index is 0.674. The summed E-state index contributed by atoms with van der Waals surface area (Å²) in [5, 5.41) is 0. The Kier molecular flexibility index (Phi) is 1.28. The molecule has 0 radical (unpaired) electrons. The predicted molar refractivity (Wildman–Crippen MR) is 47.4 cm³/mol. The number of hydrogen-bond acceptors (Lipinski definition) is 0. The van der Waals surface area contributed by atoms with Crippen LogP contribution in [0.1, 0.15) is 39.5 Å². The molecule has 1 heteroatoms. The van der Waals surface area contributed by atoms with Crippen molar-refractivity contribution >= 4 is 15.9 Å². The lowest BCUT2D eigenvalue weighted by molar-refractivity contribution is -0.0695. The summed E-state index contributed by atoms with van der Waals surface area (Å²) in [6.45, 7) is 4.78. The second-order valence-corrected chi connectivity index (χ2v) is 6.32. The molecule has 0 aromatic rings. The van der Waals surface area contributed by atoms with Gasteiger partial charge in [0, 0.05) is 4.83 Å². The summed E-state index contributed by atoms with van der Waals surface area (Å²) < 4.78 is 0. The van der Waals surface area contributed by atoms with Crippen LogP contribution in [-0.2, 0) is 0 Å². The van der Waals surface area contributed by atoms with Gasteiger partial charge in [-0.1, -0.05) is 29.8 Å². The fourth-order valence-corrected chi connectivity index (χ4v) is 4.52. The Balaban J connectivity index is 1.91. The average molecular weight is 203 g/mol. The van der Waals surface area contributed by atoms with Gasteiger partial charge in [0.2, 0.25) is 0 Å². The van der Waals surface area contributed by atoms with E-state index in [9.17, 15) is 0 Å². The first-order valence-electron chi connectivity index (χ1n) is 4.16. The number of halogens is 1. The Hall–Kier alpha value is 0.480. The third kappa shape index (κ3) is 0.939. The van der Waals surface area contributed by atoms with Gasteiger partial charge in [-0.25, -0.2) is 0 Å². The molecule has 2 aliphatic rings. The van der Waals surface area contributed by atoms with Crippen LogP contribution in [-0.4, -0.2) is 4.83 Å². The van der Waals surface area contributed by atoms with E-state index in [1.165, 1.54) is 25.7 Å². The van der Waals surface area contributed by atoms with Crippen LogP contribution in [0.25, 0.3) is 0 Å². The molecule has 0 aromatic carbocycles. The van der Waals surface area contributed by atoms with Crippen LogP contribution in [0.3, 0.4) is 0 Å². The van der Waals surface area contributed by atoms with Crippen LogP contribution >= 0.6 is 15.9 Å². The van der Waals surface area contributed by atoms with Crippen LogP contribution in [0.15, 0.2) is 0 Å². The van der Waals surface area contributed by atoms with E-state index in [0.29, 0.717) is 5.41 Å². The van der Waals surface area contributed by atoms with E-state index in [0.717, 1.165) is 10.2 Å². The fraction of sp³-hybridized carbons (Fsp3) is 1.00. The van der Waals surface area contributed by atoms with Crippen LogP contribution in [0, 0.1) is 10.8 Å². The molecule has 0 bridgehead atoms. The quantitative estimate of drug-likeness (QED) is 0.529. The third-order valence-electron chi connectivity index (χ3n) is 3.02. The van der Waals surface area contributed by atoms with Crippen molar-refractivity contribution in [3.05, 3.63) is 0 Å². The maximum absolute atomic E-state index is 3.65. The molecule has 10 heavy (non-hydrogen) atoms. The van der Waals surface area contributed by atoms with Crippen molar-refractivity contribution in [1.29, 1.82) is 0 Å². The van der Waals surface area contributed by atoms with Crippen molar-refractivity contribution in [1.82, 2.24) is 0 Å². The molecule has 0 unspecified atom stereocenters. The smallest absolute Gasteiger partial charge is 0.0156 e. The highest BCUT2D eigenvalue weighted by atomic mass is 79.9. The molecule has 0 amide bonds. The summed E-state index contributed by atoms with van der Waals surface area (Å²) in [5.41, 5.74) is 1.48. The van der Waals surface area contributed by atoms with E-state index >= 15 is 0 Å². The molecule has 58 valence electrons. The second-order valence-electron chi connectivity index (χ2n) is 5.02. The number of rotatable bonds is 0. The molecule has 0 aromatic heterocycles. The van der Waals surface area contributed by atoms with Crippen molar-refractivity contribution in [2.45, 2.75) is 44.4 Å². The molecule has 0 atom stereocenters. The average Bonchev–Trinajstić information content (AvgIpc) is 1.55. The van der Waals surface area contributed by atoms with Crippen LogP contribution in [0.4, 0.5) is 0 Å². The zero-order chi connectivity index (χ0) is 7.41. The van der Waals surface area contributed by atoms with Gasteiger partial charge in [0.15, 0.2) is 0 Å². The summed E-state index contributed by atoms with van der Waals surface area (Å²) in [6.07, 6.45) is 5.83. The molecule has 0 heterocycles. The van der Waals surface area contributed by atoms with Crippen molar-refractivity contribution in [2.75, 3.05) is 0 Å². The first-order chi connectivity index (χ1) is 4.52. The van der Waals surface area contributed by atoms with E-state index in [1.807, 2.05) is 0 Å². The Morgan fingerprint density at radius 1 is 1.20 bits per heavy atom. The fourth-order valence-electron chi connectivity index (χ4n) is 3.15. The van der Waals surface area contributed by atoms with Gasteiger partial charge in [-0.05, 0) is 36.5 Å². The molecular formula is C9H15Br. The number of alkyl halides is 1. The molecule has 0 saturated heterocycles. The van der Waals surface area contributed by atoms with E-state index in [1.54, 1.807) is 0 Å². The zero-order valence-electron chi connectivity index (χ0n) is 6.78. The standard InChI is InChI=1S/C9H15Br/c1-8(2)5-9(6-8)3-7(10)4-9/h7H,3-6H2,1-2H3. The normalized spacial score (nSPS) is 35.1. The van der Waals surface area contributed by atoms with Crippen LogP contribution < -0.4 is 0 Å². The van der Waals surface area contributed by atoms with Gasteiger partial charge < -0.3 is 0 Å². The molecule has 0 N–H and O–H groups in total. The molecule has 0 aliphatic heterocycles. The monoisotopic (exact) mass is 202 g/mol. The Labute approximate surface area is 71.5 Å². The van der Waals surface area contributed by atoms with Crippen LogP contribution in [0.2, 0.25) is 0 Å². The third-order valence-corrected chi connectivity index (χ3v) is 3.66. The summed E-state index contributed by atoms with van der Waals surface area (Å²) in [7, 11) is 0. The summed E-state index contributed by atoms with van der Waals surface area (Å²) in [4.78, 5) is 0.851. The molecule has 2 rings (SSSR count). The first kappa shape index (κ1) is 7.15. The first-order valence-corrected chi connectivity index (χ1v) is 5.07. The molecule has 2 saturated carbocycles. The predicted octanol–water partition coefficient (Wildman–Crippen LogP) is 3.35. The highest BCUT2D eigenvalue weighted by Crippen LogP contribution is 2.65. The lowest BCUT2D eigenvalue weighted by atomic mass is 9.46. The second kappa shape index (κ2) is 1.80. The van der Waals surface area contributed by atoms with E-state index < -0.39 is 0 Å². The van der Waals surface area contributed by atoms with Crippen molar-refractivity contribution in [3.63, 3.8) is 0 Å². The van der Waals surface area contributed by atoms with Gasteiger partial charge >= 0.3 is 0 Å². The molecule has 2 aliphatic carbocycles. The van der Waals surface area contributed by atoms with Crippen LogP contribution in [0.5, 0.6) is 0 Å². The zero-order valence-corrected chi connectivity index (χ0v) is 8.37. The molecule has 0 nitrogen and oxygen atoms in total. The van der Waals surface area contributed by atoms with E-state index in [-0.39, 0.29) is 0 Å². The Morgan fingerprint density at radius 3 is 2.00 bits per heavy atom. The SMILES string of the molecule is CC1(C)CC2(CC(Br)C2)C1. The molecule has 2 fully saturated rings. The summed E-state index contributed by atoms with van der Waals surface area (Å²) in [6, 6.07) is 0. The van der Waals surface area contributed by atoms with Crippen molar-refractivity contribution < 1.29 is 0 Å².